The summed E-state index contributed by atoms with van der Waals surface area (Å²) in [6, 6.07) is 5.61. The number of imidazole rings is 1. The maximum Gasteiger partial charge on any atom is 0.251 e. The average molecular weight is 507 g/mol. The summed E-state index contributed by atoms with van der Waals surface area (Å²) in [5, 5.41) is 26.8. The molecule has 4 aromatic rings. The lowest BCUT2D eigenvalue weighted by Crippen LogP contribution is -2.41. The van der Waals surface area contributed by atoms with Gasteiger partial charge < -0.3 is 30.3 Å². The molecule has 0 spiro atoms. The summed E-state index contributed by atoms with van der Waals surface area (Å²) >= 11 is 0. The molecule has 0 bridgehead atoms. The molecule has 0 aromatic carbocycles. The van der Waals surface area contributed by atoms with Gasteiger partial charge in [-0.1, -0.05) is 0 Å². The molecule has 13 heteroatoms. The van der Waals surface area contributed by atoms with Gasteiger partial charge in [0.15, 0.2) is 35.1 Å². The highest BCUT2D eigenvalue weighted by molar-refractivity contribution is 5.85. The van der Waals surface area contributed by atoms with Crippen molar-refractivity contribution < 1.29 is 24.5 Å². The van der Waals surface area contributed by atoms with E-state index in [-0.39, 0.29) is 0 Å². The summed E-state index contributed by atoms with van der Waals surface area (Å²) < 4.78 is 12.5. The van der Waals surface area contributed by atoms with Crippen LogP contribution in [-0.4, -0.2) is 78.1 Å². The van der Waals surface area contributed by atoms with Gasteiger partial charge in [-0.2, -0.15) is 0 Å². The second-order valence-corrected chi connectivity index (χ2v) is 8.55. The molecule has 0 saturated carbocycles. The van der Waals surface area contributed by atoms with Gasteiger partial charge in [-0.3, -0.25) is 19.3 Å². The molecule has 1 amide bonds. The summed E-state index contributed by atoms with van der Waals surface area (Å²) in [5.74, 6) is 0.709. The number of nitrogens with zero attached hydrogens (tertiary/aromatic N) is 6. The number of aliphatic hydroxyl groups excluding tert-OH is 2. The SMILES string of the molecule is CNC(=O)[C@H]1O[C@@H](n2cnc3c(NCc4cc(C)ccn4)nc(-c4cncc(OC)c4)nc32)[C@H](O)[C@@H]1O. The van der Waals surface area contributed by atoms with Crippen molar-refractivity contribution in [1.82, 2.24) is 34.8 Å². The van der Waals surface area contributed by atoms with Crippen molar-refractivity contribution in [3.05, 3.63) is 54.4 Å². The average Bonchev–Trinajstić information content (AvgIpc) is 3.47. The Morgan fingerprint density at radius 2 is 2.03 bits per heavy atom. The Labute approximate surface area is 211 Å². The smallest absolute Gasteiger partial charge is 0.251 e. The fourth-order valence-corrected chi connectivity index (χ4v) is 4.13. The van der Waals surface area contributed by atoms with Crippen LogP contribution >= 0.6 is 0 Å². The number of nitrogens with one attached hydrogen (secondary N) is 2. The third-order valence-electron chi connectivity index (χ3n) is 6.05. The second kappa shape index (κ2) is 10.0. The first-order valence-electron chi connectivity index (χ1n) is 11.5. The summed E-state index contributed by atoms with van der Waals surface area (Å²) in [6.45, 7) is 2.35. The Hall–Kier alpha value is -4.20. The number of pyridine rings is 2. The maximum atomic E-state index is 12.2. The van der Waals surface area contributed by atoms with E-state index in [9.17, 15) is 15.0 Å². The number of amides is 1. The standard InChI is InChI=1S/C24H26N8O5/c1-12-4-5-27-14(6-12)9-28-21-16-22(31-20(30-21)13-7-15(36-3)10-26-8-13)32(11-29-16)24-18(34)17(33)19(37-24)23(35)25-2/h4-8,10-11,17-19,24,33-34H,9H2,1-3H3,(H,25,35)(H,28,30,31)/t17-,18+,19-,24+/m0/s1. The molecule has 0 unspecified atom stereocenters. The third kappa shape index (κ3) is 4.67. The normalized spacial score (nSPS) is 21.2. The van der Waals surface area contributed by atoms with Crippen molar-refractivity contribution in [2.75, 3.05) is 19.5 Å². The highest BCUT2D eigenvalue weighted by Crippen LogP contribution is 2.34. The Balaban J connectivity index is 1.59. The third-order valence-corrected chi connectivity index (χ3v) is 6.05. The van der Waals surface area contributed by atoms with Gasteiger partial charge in [-0.25, -0.2) is 15.0 Å². The van der Waals surface area contributed by atoms with Gasteiger partial charge in [0.1, 0.15) is 18.0 Å². The van der Waals surface area contributed by atoms with Crippen molar-refractivity contribution in [3.63, 3.8) is 0 Å². The Morgan fingerprint density at radius 3 is 2.78 bits per heavy atom. The van der Waals surface area contributed by atoms with Crippen molar-refractivity contribution >= 4 is 22.9 Å². The zero-order valence-electron chi connectivity index (χ0n) is 20.4. The van der Waals surface area contributed by atoms with Crippen LogP contribution in [0, 0.1) is 6.92 Å². The van der Waals surface area contributed by atoms with Crippen LogP contribution in [0.1, 0.15) is 17.5 Å². The van der Waals surface area contributed by atoms with Crippen LogP contribution in [0.5, 0.6) is 5.75 Å². The van der Waals surface area contributed by atoms with Crippen LogP contribution < -0.4 is 15.4 Å². The number of rotatable bonds is 7. The molecule has 5 rings (SSSR count). The minimum atomic E-state index is -1.43. The molecule has 4 N–H and O–H groups in total. The van der Waals surface area contributed by atoms with E-state index in [1.807, 2.05) is 19.1 Å². The molecule has 192 valence electrons. The molecule has 1 aliphatic rings. The van der Waals surface area contributed by atoms with Gasteiger partial charge in [0.25, 0.3) is 5.91 Å². The topological polar surface area (TPSA) is 169 Å². The van der Waals surface area contributed by atoms with Crippen LogP contribution in [0.4, 0.5) is 5.82 Å². The van der Waals surface area contributed by atoms with Crippen molar-refractivity contribution in [2.24, 2.45) is 0 Å². The number of methoxy groups -OCH3 is 1. The number of fused-ring (bicyclic) bond motifs is 1. The van der Waals surface area contributed by atoms with Crippen LogP contribution in [-0.2, 0) is 16.1 Å². The molecule has 37 heavy (non-hydrogen) atoms. The van der Waals surface area contributed by atoms with E-state index in [2.05, 4.69) is 35.6 Å². The maximum absolute atomic E-state index is 12.2. The summed E-state index contributed by atoms with van der Waals surface area (Å²) in [7, 11) is 2.96. The lowest BCUT2D eigenvalue weighted by Gasteiger charge is -2.17. The summed E-state index contributed by atoms with van der Waals surface area (Å²) in [5.41, 5.74) is 3.19. The Morgan fingerprint density at radius 1 is 1.19 bits per heavy atom. The first-order chi connectivity index (χ1) is 17.9. The quantitative estimate of drug-likeness (QED) is 0.276. The molecule has 1 aliphatic heterocycles. The number of likely N-dealkylation sites (N-methyl/N-ethyl adjacent to an activating group) is 1. The number of aryl methyl sites for hydroxylation is 1. The molecule has 1 fully saturated rings. The first-order valence-corrected chi connectivity index (χ1v) is 11.5. The molecule has 0 aliphatic carbocycles. The minimum absolute atomic E-state index is 0.316. The zero-order valence-corrected chi connectivity index (χ0v) is 20.4. The predicted octanol–water partition coefficient (Wildman–Crippen LogP) is 0.578. The van der Waals surface area contributed by atoms with Crippen LogP contribution in [0.15, 0.2) is 43.1 Å². The molecule has 13 nitrogen and oxygen atoms in total. The number of carbonyl (C=O) groups is 1. The van der Waals surface area contributed by atoms with Gasteiger partial charge in [0, 0.05) is 25.0 Å². The van der Waals surface area contributed by atoms with Crippen molar-refractivity contribution in [3.8, 4) is 17.1 Å². The molecule has 5 heterocycles. The number of ether oxygens (including phenoxy) is 2. The minimum Gasteiger partial charge on any atom is -0.495 e. The molecule has 4 atom stereocenters. The number of anilines is 1. The van der Waals surface area contributed by atoms with E-state index >= 15 is 0 Å². The van der Waals surface area contributed by atoms with Crippen molar-refractivity contribution in [1.29, 1.82) is 0 Å². The van der Waals surface area contributed by atoms with Crippen LogP contribution in [0.3, 0.4) is 0 Å². The van der Waals surface area contributed by atoms with Crippen LogP contribution in [0.2, 0.25) is 0 Å². The van der Waals surface area contributed by atoms with Gasteiger partial charge >= 0.3 is 0 Å². The Kier molecular flexibility index (Phi) is 6.65. The fraction of sp³-hybridized carbons (Fsp3) is 0.333. The lowest BCUT2D eigenvalue weighted by molar-refractivity contribution is -0.137. The zero-order chi connectivity index (χ0) is 26.1. The highest BCUT2D eigenvalue weighted by atomic mass is 16.6. The first kappa shape index (κ1) is 24.5. The van der Waals surface area contributed by atoms with Gasteiger partial charge in [-0.15, -0.1) is 0 Å². The van der Waals surface area contributed by atoms with Gasteiger partial charge in [-0.05, 0) is 30.7 Å². The molecule has 1 saturated heterocycles. The number of hydrogen-bond donors (Lipinski definition) is 4. The molecular weight excluding hydrogens is 480 g/mol. The van der Waals surface area contributed by atoms with E-state index in [1.165, 1.54) is 25.1 Å². The fourth-order valence-electron chi connectivity index (χ4n) is 4.13. The second-order valence-electron chi connectivity index (χ2n) is 8.55. The number of carbonyl (C=O) groups excluding carboxylic acids is 1. The monoisotopic (exact) mass is 506 g/mol. The van der Waals surface area contributed by atoms with Crippen LogP contribution in [0.25, 0.3) is 22.6 Å². The predicted molar refractivity (Wildman–Crippen MR) is 131 cm³/mol. The number of aliphatic hydroxyl groups is 2. The lowest BCUT2D eigenvalue weighted by atomic mass is 10.1. The van der Waals surface area contributed by atoms with E-state index in [0.29, 0.717) is 40.7 Å². The van der Waals surface area contributed by atoms with Crippen molar-refractivity contribution in [2.45, 2.75) is 38.0 Å². The largest absolute Gasteiger partial charge is 0.495 e. The molecular formula is C24H26N8O5. The van der Waals surface area contributed by atoms with E-state index < -0.39 is 30.4 Å². The molecule has 0 radical (unpaired) electrons. The number of aromatic nitrogens is 6. The number of hydrogen-bond acceptors (Lipinski definition) is 11. The highest BCUT2D eigenvalue weighted by Gasteiger charge is 2.47. The summed E-state index contributed by atoms with van der Waals surface area (Å²) in [6.07, 6.45) is 1.13. The van der Waals surface area contributed by atoms with E-state index in [4.69, 9.17) is 9.47 Å². The molecule has 4 aromatic heterocycles. The Bertz CT molecular complexity index is 1440. The van der Waals surface area contributed by atoms with E-state index in [1.54, 1.807) is 24.7 Å². The van der Waals surface area contributed by atoms with E-state index in [0.717, 1.165) is 11.3 Å². The van der Waals surface area contributed by atoms with Gasteiger partial charge in [0.05, 0.1) is 31.9 Å². The summed E-state index contributed by atoms with van der Waals surface area (Å²) in [4.78, 5) is 34.5. The van der Waals surface area contributed by atoms with Gasteiger partial charge in [0.2, 0.25) is 0 Å².